The number of carbonyl (C=O) groups is 3. The van der Waals surface area contributed by atoms with Crippen LogP contribution in [-0.4, -0.2) is 46.2 Å². The van der Waals surface area contributed by atoms with Gasteiger partial charge in [0.2, 0.25) is 5.91 Å². The largest absolute Gasteiger partial charge is 0.444 e. The molecule has 1 aliphatic rings. The quantitative estimate of drug-likeness (QED) is 0.286. The molecule has 4 unspecified atom stereocenters. The lowest BCUT2D eigenvalue weighted by Gasteiger charge is -2.35. The first kappa shape index (κ1) is 29.5. The van der Waals surface area contributed by atoms with E-state index in [9.17, 15) is 14.4 Å². The van der Waals surface area contributed by atoms with E-state index in [-0.39, 0.29) is 29.5 Å². The summed E-state index contributed by atoms with van der Waals surface area (Å²) in [5, 5.41) is 7.83. The molecule has 4 atom stereocenters. The molecule has 1 fully saturated rings. The predicted octanol–water partition coefficient (Wildman–Crippen LogP) is 6.20. The van der Waals surface area contributed by atoms with Gasteiger partial charge in [0, 0.05) is 17.5 Å². The summed E-state index contributed by atoms with van der Waals surface area (Å²) in [4.78, 5) is 42.6. The molecule has 3 aromatic carbocycles. The van der Waals surface area contributed by atoms with Crippen molar-refractivity contribution in [3.05, 3.63) is 77.4 Å². The summed E-state index contributed by atoms with van der Waals surface area (Å²) >= 11 is 4.39. The van der Waals surface area contributed by atoms with Gasteiger partial charge in [-0.15, -0.1) is 0 Å². The van der Waals surface area contributed by atoms with Gasteiger partial charge >= 0.3 is 6.09 Å². The molecular formula is C32H39N3O4S. The number of carbonyl (C=O) groups excluding carboxylic acids is 3. The molecule has 8 heteroatoms. The second-order valence-corrected chi connectivity index (χ2v) is 12.1. The molecule has 212 valence electrons. The zero-order valence-corrected chi connectivity index (χ0v) is 24.9. The summed E-state index contributed by atoms with van der Waals surface area (Å²) in [5.41, 5.74) is 2.56. The van der Waals surface area contributed by atoms with Gasteiger partial charge in [-0.3, -0.25) is 9.59 Å². The standard InChI is InChI=1S/C32H39N3O4S/c1-19-11-12-20(2)25(15-19)28(29(36)33-24-14-13-22-9-7-8-10-23(22)17-24)35(27-16-21(27)3)30(37)26(18-40)34-31(38)39-32(4,5)6/h7-15,17,21,26-28,40H,16,18H2,1-6H3,(H,33,36)(H,34,38). The number of amides is 3. The average molecular weight is 562 g/mol. The SMILES string of the molecule is Cc1ccc(C)c(C(C(=O)Nc2ccc3ccccc3c2)N(C(=O)C(CS)NC(=O)OC(C)(C)C)C2CC2C)c1. The molecule has 0 bridgehead atoms. The first-order chi connectivity index (χ1) is 18.9. The van der Waals surface area contributed by atoms with Gasteiger partial charge in [-0.05, 0) is 81.0 Å². The maximum Gasteiger partial charge on any atom is 0.408 e. The molecule has 1 saturated carbocycles. The van der Waals surface area contributed by atoms with E-state index in [1.165, 1.54) is 0 Å². The van der Waals surface area contributed by atoms with Gasteiger partial charge in [0.05, 0.1) is 0 Å². The summed E-state index contributed by atoms with van der Waals surface area (Å²) in [7, 11) is 0. The van der Waals surface area contributed by atoms with E-state index in [1.807, 2.05) is 74.5 Å². The van der Waals surface area contributed by atoms with Crippen molar-refractivity contribution in [3.8, 4) is 0 Å². The van der Waals surface area contributed by atoms with E-state index in [4.69, 9.17) is 4.74 Å². The highest BCUT2D eigenvalue weighted by Gasteiger charge is 2.48. The number of anilines is 1. The summed E-state index contributed by atoms with van der Waals surface area (Å²) < 4.78 is 5.40. The minimum absolute atomic E-state index is 0.0570. The number of rotatable bonds is 8. The number of nitrogens with zero attached hydrogens (tertiary/aromatic N) is 1. The van der Waals surface area contributed by atoms with Crippen LogP contribution in [0.3, 0.4) is 0 Å². The molecule has 3 amide bonds. The number of thiol groups is 1. The van der Waals surface area contributed by atoms with Crippen LogP contribution in [0.2, 0.25) is 0 Å². The van der Waals surface area contributed by atoms with Crippen molar-refractivity contribution in [3.63, 3.8) is 0 Å². The zero-order chi connectivity index (χ0) is 29.2. The highest BCUT2D eigenvalue weighted by molar-refractivity contribution is 7.80. The summed E-state index contributed by atoms with van der Waals surface area (Å²) in [6.45, 7) is 11.2. The predicted molar refractivity (Wildman–Crippen MR) is 163 cm³/mol. The molecule has 4 rings (SSSR count). The fourth-order valence-electron chi connectivity index (χ4n) is 4.94. The van der Waals surface area contributed by atoms with Crippen molar-refractivity contribution in [2.24, 2.45) is 5.92 Å². The van der Waals surface area contributed by atoms with Crippen molar-refractivity contribution >= 4 is 47.0 Å². The first-order valence-corrected chi connectivity index (χ1v) is 14.3. The maximum atomic E-state index is 14.2. The lowest BCUT2D eigenvalue weighted by molar-refractivity contribution is -0.141. The molecule has 0 spiro atoms. The Morgan fingerprint density at radius 3 is 2.33 bits per heavy atom. The van der Waals surface area contributed by atoms with Crippen LogP contribution in [0.4, 0.5) is 10.5 Å². The number of ether oxygens (including phenoxy) is 1. The van der Waals surface area contributed by atoms with Crippen LogP contribution in [0.25, 0.3) is 10.8 Å². The third-order valence-electron chi connectivity index (χ3n) is 7.12. The number of hydrogen-bond donors (Lipinski definition) is 3. The Kier molecular flexibility index (Phi) is 8.78. The molecule has 0 aliphatic heterocycles. The number of fused-ring (bicyclic) bond motifs is 1. The molecule has 7 nitrogen and oxygen atoms in total. The van der Waals surface area contributed by atoms with Gasteiger partial charge in [0.25, 0.3) is 5.91 Å². The van der Waals surface area contributed by atoms with Gasteiger partial charge in [0.1, 0.15) is 17.7 Å². The van der Waals surface area contributed by atoms with Crippen LogP contribution < -0.4 is 10.6 Å². The maximum absolute atomic E-state index is 14.2. The van der Waals surface area contributed by atoms with Crippen LogP contribution in [0.15, 0.2) is 60.7 Å². The minimum atomic E-state index is -0.966. The fraction of sp³-hybridized carbons (Fsp3) is 0.406. The lowest BCUT2D eigenvalue weighted by Crippen LogP contribution is -2.54. The second kappa shape index (κ2) is 11.9. The van der Waals surface area contributed by atoms with Gasteiger partial charge in [-0.2, -0.15) is 12.6 Å². The van der Waals surface area contributed by atoms with Crippen molar-refractivity contribution in [2.45, 2.75) is 71.7 Å². The van der Waals surface area contributed by atoms with E-state index in [1.54, 1.807) is 25.7 Å². The third kappa shape index (κ3) is 6.97. The van der Waals surface area contributed by atoms with Crippen molar-refractivity contribution in [2.75, 3.05) is 11.1 Å². The lowest BCUT2D eigenvalue weighted by atomic mass is 9.95. The van der Waals surface area contributed by atoms with E-state index < -0.39 is 23.8 Å². The second-order valence-electron chi connectivity index (χ2n) is 11.7. The Balaban J connectivity index is 1.72. The van der Waals surface area contributed by atoms with Crippen LogP contribution in [0, 0.1) is 19.8 Å². The number of alkyl carbamates (subject to hydrolysis) is 1. The summed E-state index contributed by atoms with van der Waals surface area (Å²) in [5.74, 6) is -0.407. The molecular weight excluding hydrogens is 522 g/mol. The Bertz CT molecular complexity index is 1420. The van der Waals surface area contributed by atoms with Gasteiger partial charge in [0.15, 0.2) is 0 Å². The number of benzene rings is 3. The summed E-state index contributed by atoms with van der Waals surface area (Å²) in [6.07, 6.45) is 0.0647. The Morgan fingerprint density at radius 1 is 1.02 bits per heavy atom. The molecule has 0 heterocycles. The van der Waals surface area contributed by atoms with E-state index >= 15 is 0 Å². The fourth-order valence-corrected chi connectivity index (χ4v) is 5.18. The highest BCUT2D eigenvalue weighted by Crippen LogP contribution is 2.42. The van der Waals surface area contributed by atoms with Crippen molar-refractivity contribution in [1.29, 1.82) is 0 Å². The number of aryl methyl sites for hydroxylation is 2. The molecule has 0 saturated heterocycles. The molecule has 40 heavy (non-hydrogen) atoms. The number of hydrogen-bond acceptors (Lipinski definition) is 5. The van der Waals surface area contributed by atoms with Gasteiger partial charge < -0.3 is 20.3 Å². The van der Waals surface area contributed by atoms with Crippen LogP contribution in [0.1, 0.15) is 56.8 Å². The molecule has 1 aliphatic carbocycles. The topological polar surface area (TPSA) is 87.7 Å². The van der Waals surface area contributed by atoms with E-state index in [0.717, 1.165) is 33.9 Å². The third-order valence-corrected chi connectivity index (χ3v) is 7.49. The number of nitrogens with one attached hydrogen (secondary N) is 2. The van der Waals surface area contributed by atoms with Crippen LogP contribution in [0.5, 0.6) is 0 Å². The Morgan fingerprint density at radius 2 is 1.70 bits per heavy atom. The monoisotopic (exact) mass is 561 g/mol. The van der Waals surface area contributed by atoms with Crippen molar-refractivity contribution < 1.29 is 19.1 Å². The smallest absolute Gasteiger partial charge is 0.408 e. The van der Waals surface area contributed by atoms with Crippen LogP contribution in [-0.2, 0) is 14.3 Å². The zero-order valence-electron chi connectivity index (χ0n) is 24.0. The molecule has 2 N–H and O–H groups in total. The Hall–Kier alpha value is -3.52. The van der Waals surface area contributed by atoms with E-state index in [2.05, 4.69) is 30.2 Å². The minimum Gasteiger partial charge on any atom is -0.444 e. The van der Waals surface area contributed by atoms with E-state index in [0.29, 0.717) is 5.69 Å². The van der Waals surface area contributed by atoms with Crippen molar-refractivity contribution in [1.82, 2.24) is 10.2 Å². The first-order valence-electron chi connectivity index (χ1n) is 13.7. The molecule has 0 radical (unpaired) electrons. The normalized spacial score (nSPS) is 18.0. The average Bonchev–Trinajstić information content (AvgIpc) is 3.61. The van der Waals surface area contributed by atoms with Gasteiger partial charge in [-0.25, -0.2) is 4.79 Å². The summed E-state index contributed by atoms with van der Waals surface area (Å²) in [6, 6.07) is 17.6. The Labute approximate surface area is 242 Å². The van der Waals surface area contributed by atoms with Crippen LogP contribution >= 0.6 is 12.6 Å². The molecule has 0 aromatic heterocycles. The highest BCUT2D eigenvalue weighted by atomic mass is 32.1. The van der Waals surface area contributed by atoms with Gasteiger partial charge in [-0.1, -0.05) is 61.0 Å². The molecule has 3 aromatic rings.